The van der Waals surface area contributed by atoms with Gasteiger partial charge in [-0.2, -0.15) is 0 Å². The third-order valence-electron chi connectivity index (χ3n) is 5.31. The first kappa shape index (κ1) is 21.3. The number of nitrogens with zero attached hydrogens (tertiary/aromatic N) is 1. The molecule has 0 aliphatic carbocycles. The van der Waals surface area contributed by atoms with Crippen molar-refractivity contribution in [2.24, 2.45) is 0 Å². The molecule has 0 unspecified atom stereocenters. The third kappa shape index (κ3) is 4.88. The van der Waals surface area contributed by atoms with Gasteiger partial charge in [-0.3, -0.25) is 0 Å². The Hall–Kier alpha value is -2.92. The van der Waals surface area contributed by atoms with Gasteiger partial charge in [-0.05, 0) is 74.0 Å². The monoisotopic (exact) mass is 432 g/mol. The SMILES string of the molecule is CCCOc1ccc(-c2oc3nccc(NCCc4ccc(SC)cc4)c3c2C)cc1. The molecule has 2 aromatic heterocycles. The number of furan rings is 1. The molecule has 5 heteroatoms. The maximum atomic E-state index is 6.14. The first-order valence-corrected chi connectivity index (χ1v) is 11.9. The van der Waals surface area contributed by atoms with Crippen LogP contribution in [-0.4, -0.2) is 24.4 Å². The molecule has 0 aliphatic heterocycles. The van der Waals surface area contributed by atoms with Gasteiger partial charge >= 0.3 is 0 Å². The number of benzene rings is 2. The van der Waals surface area contributed by atoms with Gasteiger partial charge in [0, 0.05) is 34.5 Å². The van der Waals surface area contributed by atoms with E-state index in [0.717, 1.165) is 59.7 Å². The van der Waals surface area contributed by atoms with E-state index in [9.17, 15) is 0 Å². The molecule has 1 N–H and O–H groups in total. The summed E-state index contributed by atoms with van der Waals surface area (Å²) in [5.74, 6) is 1.73. The van der Waals surface area contributed by atoms with Crippen LogP contribution < -0.4 is 10.1 Å². The lowest BCUT2D eigenvalue weighted by molar-refractivity contribution is 0.317. The van der Waals surface area contributed by atoms with Crippen molar-refractivity contribution >= 4 is 28.5 Å². The van der Waals surface area contributed by atoms with Crippen molar-refractivity contribution in [3.8, 4) is 17.1 Å². The lowest BCUT2D eigenvalue weighted by Gasteiger charge is -2.08. The van der Waals surface area contributed by atoms with Gasteiger partial charge < -0.3 is 14.5 Å². The summed E-state index contributed by atoms with van der Waals surface area (Å²) in [4.78, 5) is 5.75. The van der Waals surface area contributed by atoms with Crippen LogP contribution in [0.15, 0.2) is 70.1 Å². The molecule has 4 rings (SSSR count). The maximum absolute atomic E-state index is 6.14. The summed E-state index contributed by atoms with van der Waals surface area (Å²) in [5, 5.41) is 4.62. The summed E-state index contributed by atoms with van der Waals surface area (Å²) in [7, 11) is 0. The molecule has 0 saturated carbocycles. The van der Waals surface area contributed by atoms with E-state index in [4.69, 9.17) is 9.15 Å². The molecule has 0 aliphatic rings. The van der Waals surface area contributed by atoms with E-state index >= 15 is 0 Å². The number of pyridine rings is 1. The van der Waals surface area contributed by atoms with Crippen LogP contribution in [0, 0.1) is 6.92 Å². The minimum absolute atomic E-state index is 0.660. The number of hydrogen-bond donors (Lipinski definition) is 1. The van der Waals surface area contributed by atoms with Crippen LogP contribution in [0.3, 0.4) is 0 Å². The second kappa shape index (κ2) is 9.92. The van der Waals surface area contributed by atoms with Crippen LogP contribution in [0.25, 0.3) is 22.4 Å². The number of aryl methyl sites for hydroxylation is 1. The van der Waals surface area contributed by atoms with E-state index in [2.05, 4.69) is 54.7 Å². The van der Waals surface area contributed by atoms with Crippen molar-refractivity contribution in [2.45, 2.75) is 31.6 Å². The zero-order valence-electron chi connectivity index (χ0n) is 18.3. The number of nitrogens with one attached hydrogen (secondary N) is 1. The molecule has 0 bridgehead atoms. The van der Waals surface area contributed by atoms with E-state index in [-0.39, 0.29) is 0 Å². The van der Waals surface area contributed by atoms with E-state index in [1.165, 1.54) is 10.5 Å². The standard InChI is InChI=1S/C26H28N2O2S/c1-4-17-29-21-9-7-20(8-10-21)25-18(2)24-23(14-16-28-26(24)30-25)27-15-13-19-5-11-22(31-3)12-6-19/h5-12,14,16H,4,13,15,17H2,1-3H3,(H,27,28). The van der Waals surface area contributed by atoms with Crippen LogP contribution in [0.2, 0.25) is 0 Å². The van der Waals surface area contributed by atoms with Gasteiger partial charge in [-0.1, -0.05) is 19.1 Å². The highest BCUT2D eigenvalue weighted by atomic mass is 32.2. The molecule has 4 aromatic rings. The van der Waals surface area contributed by atoms with Crippen LogP contribution in [-0.2, 0) is 6.42 Å². The highest BCUT2D eigenvalue weighted by molar-refractivity contribution is 7.98. The number of hydrogen-bond acceptors (Lipinski definition) is 5. The fourth-order valence-electron chi connectivity index (χ4n) is 3.65. The Bertz CT molecular complexity index is 1130. The number of rotatable bonds is 9. The maximum Gasteiger partial charge on any atom is 0.229 e. The number of fused-ring (bicyclic) bond motifs is 1. The summed E-state index contributed by atoms with van der Waals surface area (Å²) in [6, 6.07) is 18.8. The summed E-state index contributed by atoms with van der Waals surface area (Å²) in [6.45, 7) is 5.77. The zero-order chi connectivity index (χ0) is 21.6. The summed E-state index contributed by atoms with van der Waals surface area (Å²) in [5.41, 5.74) is 5.16. The molecule has 160 valence electrons. The van der Waals surface area contributed by atoms with Gasteiger partial charge in [0.05, 0.1) is 12.0 Å². The summed E-state index contributed by atoms with van der Waals surface area (Å²) in [6.07, 6.45) is 5.85. The highest BCUT2D eigenvalue weighted by Gasteiger charge is 2.16. The number of thioether (sulfide) groups is 1. The lowest BCUT2D eigenvalue weighted by Crippen LogP contribution is -2.05. The van der Waals surface area contributed by atoms with Crippen LogP contribution in [0.4, 0.5) is 5.69 Å². The molecule has 2 aromatic carbocycles. The summed E-state index contributed by atoms with van der Waals surface area (Å²) >= 11 is 1.77. The van der Waals surface area contributed by atoms with Crippen LogP contribution >= 0.6 is 11.8 Å². The van der Waals surface area contributed by atoms with Gasteiger partial charge in [0.15, 0.2) is 0 Å². The van der Waals surface area contributed by atoms with Gasteiger partial charge in [0.2, 0.25) is 5.71 Å². The molecule has 2 heterocycles. The third-order valence-corrected chi connectivity index (χ3v) is 6.05. The van der Waals surface area contributed by atoms with E-state index in [0.29, 0.717) is 5.71 Å². The molecule has 31 heavy (non-hydrogen) atoms. The molecule has 0 saturated heterocycles. The van der Waals surface area contributed by atoms with Crippen LogP contribution in [0.1, 0.15) is 24.5 Å². The van der Waals surface area contributed by atoms with Gasteiger partial charge in [-0.15, -0.1) is 11.8 Å². The Morgan fingerprint density at radius 3 is 2.52 bits per heavy atom. The Kier molecular flexibility index (Phi) is 6.82. The number of anilines is 1. The van der Waals surface area contributed by atoms with Crippen molar-refractivity contribution in [3.05, 3.63) is 71.9 Å². The van der Waals surface area contributed by atoms with E-state index < -0.39 is 0 Å². The van der Waals surface area contributed by atoms with Crippen molar-refractivity contribution < 1.29 is 9.15 Å². The normalized spacial score (nSPS) is 11.1. The predicted molar refractivity (Wildman–Crippen MR) is 130 cm³/mol. The Morgan fingerprint density at radius 1 is 1.03 bits per heavy atom. The molecule has 0 spiro atoms. The number of aromatic nitrogens is 1. The fourth-order valence-corrected chi connectivity index (χ4v) is 4.06. The first-order chi connectivity index (χ1) is 15.2. The quantitative estimate of drug-likeness (QED) is 0.289. The van der Waals surface area contributed by atoms with Gasteiger partial charge in [-0.25, -0.2) is 4.98 Å². The van der Waals surface area contributed by atoms with Crippen molar-refractivity contribution in [1.82, 2.24) is 4.98 Å². The Morgan fingerprint density at radius 2 is 1.81 bits per heavy atom. The van der Waals surface area contributed by atoms with Crippen molar-refractivity contribution in [2.75, 3.05) is 24.7 Å². The molecular formula is C26H28N2O2S. The van der Waals surface area contributed by atoms with E-state index in [1.54, 1.807) is 18.0 Å². The minimum atomic E-state index is 0.660. The lowest BCUT2D eigenvalue weighted by atomic mass is 10.1. The largest absolute Gasteiger partial charge is 0.494 e. The Balaban J connectivity index is 1.52. The van der Waals surface area contributed by atoms with E-state index in [1.807, 2.05) is 30.3 Å². The topological polar surface area (TPSA) is 47.3 Å². The molecule has 0 fully saturated rings. The van der Waals surface area contributed by atoms with Crippen molar-refractivity contribution in [3.63, 3.8) is 0 Å². The highest BCUT2D eigenvalue weighted by Crippen LogP contribution is 2.36. The first-order valence-electron chi connectivity index (χ1n) is 10.7. The second-order valence-electron chi connectivity index (χ2n) is 7.49. The molecule has 0 atom stereocenters. The van der Waals surface area contributed by atoms with Gasteiger partial charge in [0.25, 0.3) is 0 Å². The Labute approximate surface area is 188 Å². The molecule has 0 amide bonds. The minimum Gasteiger partial charge on any atom is -0.494 e. The molecular weight excluding hydrogens is 404 g/mol. The predicted octanol–water partition coefficient (Wildman–Crippen LogP) is 6.97. The molecule has 0 radical (unpaired) electrons. The average molecular weight is 433 g/mol. The second-order valence-corrected chi connectivity index (χ2v) is 8.37. The van der Waals surface area contributed by atoms with Crippen molar-refractivity contribution in [1.29, 1.82) is 0 Å². The number of ether oxygens (including phenoxy) is 1. The summed E-state index contributed by atoms with van der Waals surface area (Å²) < 4.78 is 11.8. The average Bonchev–Trinajstić information content (AvgIpc) is 3.16. The zero-order valence-corrected chi connectivity index (χ0v) is 19.1. The molecule has 4 nitrogen and oxygen atoms in total. The smallest absolute Gasteiger partial charge is 0.229 e. The van der Waals surface area contributed by atoms with Crippen LogP contribution in [0.5, 0.6) is 5.75 Å². The fraction of sp³-hybridized carbons (Fsp3) is 0.269. The van der Waals surface area contributed by atoms with Gasteiger partial charge in [0.1, 0.15) is 11.5 Å².